The molecule has 0 unspecified atom stereocenters. The number of halogens is 1. The zero-order chi connectivity index (χ0) is 32.1. The second-order valence-electron chi connectivity index (χ2n) is 11.4. The molecule has 2 aromatic heterocycles. The van der Waals surface area contributed by atoms with Gasteiger partial charge in [0, 0.05) is 18.7 Å². The fraction of sp³-hybridized carbons (Fsp3) is 0.406. The van der Waals surface area contributed by atoms with E-state index in [-0.39, 0.29) is 18.6 Å². The number of H-pyrrole nitrogens is 1. The van der Waals surface area contributed by atoms with Crippen molar-refractivity contribution >= 4 is 28.7 Å². The quantitative estimate of drug-likeness (QED) is 0.107. The van der Waals surface area contributed by atoms with Crippen molar-refractivity contribution in [3.63, 3.8) is 0 Å². The summed E-state index contributed by atoms with van der Waals surface area (Å²) in [5.74, 6) is -1.07. The Morgan fingerprint density at radius 2 is 1.51 bits per heavy atom. The number of carbonyl (C=O) groups is 1. The number of aromatic nitrogens is 3. The van der Waals surface area contributed by atoms with E-state index in [1.54, 1.807) is 6.07 Å². The number of hydrogen-bond donors (Lipinski definition) is 8. The molecule has 1 aliphatic rings. The maximum absolute atomic E-state index is 11.2. The first-order valence-corrected chi connectivity index (χ1v) is 15.2. The highest BCUT2D eigenvalue weighted by Crippen LogP contribution is 2.32. The van der Waals surface area contributed by atoms with Crippen LogP contribution in [0.4, 0.5) is 0 Å². The van der Waals surface area contributed by atoms with Crippen LogP contribution in [0.25, 0.3) is 33.5 Å². The molecule has 2 heterocycles. The van der Waals surface area contributed by atoms with Gasteiger partial charge < -0.3 is 45.7 Å². The number of ether oxygens (including phenoxy) is 1. The highest BCUT2D eigenvalue weighted by atomic mass is 35.5. The van der Waals surface area contributed by atoms with E-state index in [9.17, 15) is 30.3 Å². The van der Waals surface area contributed by atoms with E-state index in [0.29, 0.717) is 60.1 Å². The van der Waals surface area contributed by atoms with E-state index in [4.69, 9.17) is 21.4 Å². The molecule has 12 nitrogen and oxygen atoms in total. The number of carboxylic acid groups (broad SMARTS) is 1. The summed E-state index contributed by atoms with van der Waals surface area (Å²) in [5, 5.41) is 60.7. The average molecular weight is 641 g/mol. The molecule has 1 aliphatic carbocycles. The summed E-state index contributed by atoms with van der Waals surface area (Å²) in [6, 6.07) is 17.7. The molecule has 0 radical (unpaired) electrons. The van der Waals surface area contributed by atoms with Gasteiger partial charge in [0.15, 0.2) is 5.65 Å². The van der Waals surface area contributed by atoms with Crippen LogP contribution in [0.15, 0.2) is 54.6 Å². The summed E-state index contributed by atoms with van der Waals surface area (Å²) >= 11 is 6.60. The first-order chi connectivity index (χ1) is 21.6. The molecule has 0 aliphatic heterocycles. The highest BCUT2D eigenvalue weighted by Gasteiger charge is 2.30. The molecule has 1 saturated carbocycles. The minimum atomic E-state index is -1.66. The number of pyridine rings is 1. The highest BCUT2D eigenvalue weighted by molar-refractivity contribution is 6.33. The molecular formula is C32H37ClN4O8. The fourth-order valence-electron chi connectivity index (χ4n) is 5.42. The van der Waals surface area contributed by atoms with Gasteiger partial charge in [-0.2, -0.15) is 4.98 Å². The molecule has 4 atom stereocenters. The molecule has 45 heavy (non-hydrogen) atoms. The molecule has 4 aromatic rings. The number of aliphatic hydroxyl groups is 5. The van der Waals surface area contributed by atoms with Gasteiger partial charge in [0.05, 0.1) is 34.9 Å². The molecule has 0 bridgehead atoms. The summed E-state index contributed by atoms with van der Waals surface area (Å²) in [6.07, 6.45) is -3.77. The maximum Gasteiger partial charge on any atom is 0.306 e. The van der Waals surface area contributed by atoms with Crippen molar-refractivity contribution in [2.75, 3.05) is 13.2 Å². The van der Waals surface area contributed by atoms with Crippen molar-refractivity contribution in [3.8, 4) is 28.4 Å². The average Bonchev–Trinajstić information content (AvgIpc) is 3.44. The number of aliphatic carboxylic acids is 1. The number of benzene rings is 2. The van der Waals surface area contributed by atoms with Gasteiger partial charge in [0.2, 0.25) is 0 Å². The molecular weight excluding hydrogens is 604 g/mol. The Morgan fingerprint density at radius 3 is 2.13 bits per heavy atom. The molecule has 5 rings (SSSR count). The van der Waals surface area contributed by atoms with Crippen LogP contribution in [0.3, 0.4) is 0 Å². The maximum atomic E-state index is 11.2. The number of rotatable bonds is 13. The SMILES string of the molecule is O=C(O)C1CCC(Oc2nc3nc(-c4ccc(-c5ccc(CNC[C@H](O)[C@@H](O)[C@H](O)[C@H](O)CO)cc5)cc4)c(Cl)cc3[nH]2)CC1. The summed E-state index contributed by atoms with van der Waals surface area (Å²) < 4.78 is 6.00. The van der Waals surface area contributed by atoms with Gasteiger partial charge in [0.25, 0.3) is 6.01 Å². The lowest BCUT2D eigenvalue weighted by Gasteiger charge is -2.25. The minimum absolute atomic E-state index is 0.0237. The Kier molecular flexibility index (Phi) is 10.7. The fourth-order valence-corrected chi connectivity index (χ4v) is 5.68. The molecule has 2 aromatic carbocycles. The van der Waals surface area contributed by atoms with Crippen LogP contribution in [0, 0.1) is 5.92 Å². The van der Waals surface area contributed by atoms with E-state index < -0.39 is 37.0 Å². The minimum Gasteiger partial charge on any atom is -0.481 e. The van der Waals surface area contributed by atoms with E-state index in [0.717, 1.165) is 22.3 Å². The van der Waals surface area contributed by atoms with Gasteiger partial charge in [-0.05, 0) is 48.4 Å². The van der Waals surface area contributed by atoms with Gasteiger partial charge in [0.1, 0.15) is 24.4 Å². The van der Waals surface area contributed by atoms with Gasteiger partial charge >= 0.3 is 5.97 Å². The van der Waals surface area contributed by atoms with Crippen molar-refractivity contribution in [1.29, 1.82) is 0 Å². The van der Waals surface area contributed by atoms with Crippen LogP contribution in [-0.2, 0) is 11.3 Å². The lowest BCUT2D eigenvalue weighted by atomic mass is 9.87. The first-order valence-electron chi connectivity index (χ1n) is 14.8. The molecule has 0 amide bonds. The molecule has 0 saturated heterocycles. The van der Waals surface area contributed by atoms with E-state index in [1.165, 1.54) is 0 Å². The third-order valence-corrected chi connectivity index (χ3v) is 8.45. The molecule has 240 valence electrons. The standard InChI is InChI=1S/C32H37ClN4O8/c33-23-13-24-30(37-32(35-24)45-22-11-9-21(10-12-22)31(43)44)36-27(23)20-7-5-19(6-8-20)18-3-1-17(2-4-18)14-34-15-25(39)28(41)29(42)26(40)16-38/h1-8,13,21-22,25-26,28-29,34,38-42H,9-12,14-16H2,(H,43,44)(H,35,36,37)/t21?,22?,25-,26+,28+,29+/m0/s1. The van der Waals surface area contributed by atoms with Gasteiger partial charge in [-0.3, -0.25) is 4.79 Å². The largest absolute Gasteiger partial charge is 0.481 e. The summed E-state index contributed by atoms with van der Waals surface area (Å²) in [6.45, 7) is -0.346. The number of nitrogens with one attached hydrogen (secondary N) is 2. The monoisotopic (exact) mass is 640 g/mol. The lowest BCUT2D eigenvalue weighted by Crippen LogP contribution is -2.48. The van der Waals surface area contributed by atoms with Crippen molar-refractivity contribution in [1.82, 2.24) is 20.3 Å². The van der Waals surface area contributed by atoms with Crippen molar-refractivity contribution < 1.29 is 40.2 Å². The van der Waals surface area contributed by atoms with Crippen LogP contribution in [-0.4, -0.2) is 95.2 Å². The third-order valence-electron chi connectivity index (χ3n) is 8.16. The van der Waals surface area contributed by atoms with Crippen LogP contribution in [0.2, 0.25) is 5.02 Å². The van der Waals surface area contributed by atoms with E-state index in [2.05, 4.69) is 20.3 Å². The van der Waals surface area contributed by atoms with Crippen LogP contribution < -0.4 is 10.1 Å². The van der Waals surface area contributed by atoms with Crippen molar-refractivity contribution in [2.24, 2.45) is 5.92 Å². The Bertz CT molecular complexity index is 1570. The molecule has 1 fully saturated rings. The van der Waals surface area contributed by atoms with E-state index >= 15 is 0 Å². The number of nitrogens with zero attached hydrogens (tertiary/aromatic N) is 2. The topological polar surface area (TPSA) is 201 Å². The van der Waals surface area contributed by atoms with Gasteiger partial charge in [-0.25, -0.2) is 4.98 Å². The summed E-state index contributed by atoms with van der Waals surface area (Å²) in [4.78, 5) is 23.5. The zero-order valence-electron chi connectivity index (χ0n) is 24.4. The van der Waals surface area contributed by atoms with Crippen LogP contribution in [0.1, 0.15) is 31.2 Å². The van der Waals surface area contributed by atoms with E-state index in [1.807, 2.05) is 48.5 Å². The zero-order valence-corrected chi connectivity index (χ0v) is 25.1. The normalized spacial score (nSPS) is 19.6. The lowest BCUT2D eigenvalue weighted by molar-refractivity contribution is -0.143. The number of hydrogen-bond acceptors (Lipinski definition) is 10. The number of fused-ring (bicyclic) bond motifs is 1. The third kappa shape index (κ3) is 7.97. The predicted octanol–water partition coefficient (Wildman–Crippen LogP) is 2.49. The summed E-state index contributed by atoms with van der Waals surface area (Å²) in [5.41, 5.74) is 5.43. The van der Waals surface area contributed by atoms with Crippen LogP contribution in [0.5, 0.6) is 6.01 Å². The Hall–Kier alpha value is -3.62. The van der Waals surface area contributed by atoms with Gasteiger partial charge in [-0.15, -0.1) is 0 Å². The first kappa shape index (κ1) is 32.8. The number of imidazole rings is 1. The predicted molar refractivity (Wildman–Crippen MR) is 167 cm³/mol. The Labute approximate surface area is 264 Å². The second kappa shape index (κ2) is 14.6. The second-order valence-corrected chi connectivity index (χ2v) is 11.8. The summed E-state index contributed by atoms with van der Waals surface area (Å²) in [7, 11) is 0. The van der Waals surface area contributed by atoms with Crippen LogP contribution >= 0.6 is 11.6 Å². The Balaban J connectivity index is 1.18. The van der Waals surface area contributed by atoms with Crippen molar-refractivity contribution in [3.05, 3.63) is 65.2 Å². The Morgan fingerprint density at radius 1 is 0.911 bits per heavy atom. The van der Waals surface area contributed by atoms with Crippen molar-refractivity contribution in [2.45, 2.75) is 62.7 Å². The van der Waals surface area contributed by atoms with Gasteiger partial charge in [-0.1, -0.05) is 60.1 Å². The number of aromatic amines is 1. The molecule has 0 spiro atoms. The number of aliphatic hydroxyl groups excluding tert-OH is 5. The smallest absolute Gasteiger partial charge is 0.306 e. The molecule has 13 heteroatoms. The molecule has 8 N–H and O–H groups in total. The number of carboxylic acids is 1.